The van der Waals surface area contributed by atoms with Crippen LogP contribution >= 0.6 is 0 Å². The van der Waals surface area contributed by atoms with Gasteiger partial charge in [0.1, 0.15) is 0 Å². The van der Waals surface area contributed by atoms with Gasteiger partial charge >= 0.3 is 0 Å². The van der Waals surface area contributed by atoms with E-state index in [-0.39, 0.29) is 12.5 Å². The Hall–Kier alpha value is -3.22. The van der Waals surface area contributed by atoms with E-state index in [0.29, 0.717) is 29.6 Å². The lowest BCUT2D eigenvalue weighted by atomic mass is 10.2. The van der Waals surface area contributed by atoms with Crippen molar-refractivity contribution in [2.45, 2.75) is 6.92 Å². The van der Waals surface area contributed by atoms with Gasteiger partial charge < -0.3 is 18.9 Å². The highest BCUT2D eigenvalue weighted by molar-refractivity contribution is 5.83. The second-order valence-electron chi connectivity index (χ2n) is 5.08. The molecule has 2 aromatic rings. The highest BCUT2D eigenvalue weighted by Crippen LogP contribution is 2.27. The zero-order valence-electron chi connectivity index (χ0n) is 15.0. The fraction of sp³-hybridized carbons (Fsp3) is 0.263. The van der Waals surface area contributed by atoms with Crippen LogP contribution in [-0.2, 0) is 4.79 Å². The van der Waals surface area contributed by atoms with E-state index >= 15 is 0 Å². The number of benzene rings is 2. The molecule has 0 radical (unpaired) electrons. The third-order valence-electron chi connectivity index (χ3n) is 3.32. The SMILES string of the molecule is CCOc1ccccc1OCC(=O)N/N=C/c1ccc(OC)c(OC)c1. The summed E-state index contributed by atoms with van der Waals surface area (Å²) in [7, 11) is 3.12. The van der Waals surface area contributed by atoms with Crippen LogP contribution in [0, 0.1) is 0 Å². The molecule has 0 spiro atoms. The van der Waals surface area contributed by atoms with Crippen molar-refractivity contribution in [2.24, 2.45) is 5.10 Å². The van der Waals surface area contributed by atoms with Gasteiger partial charge in [0.25, 0.3) is 5.91 Å². The van der Waals surface area contributed by atoms with Gasteiger partial charge in [0, 0.05) is 0 Å². The predicted octanol–water partition coefficient (Wildman–Crippen LogP) is 2.63. The Morgan fingerprint density at radius 1 is 1.00 bits per heavy atom. The minimum atomic E-state index is -0.381. The number of hydrogen-bond acceptors (Lipinski definition) is 6. The molecule has 0 saturated carbocycles. The van der Waals surface area contributed by atoms with E-state index in [0.717, 1.165) is 5.56 Å². The molecule has 138 valence electrons. The highest BCUT2D eigenvalue weighted by atomic mass is 16.5. The van der Waals surface area contributed by atoms with Gasteiger partial charge in [-0.3, -0.25) is 4.79 Å². The van der Waals surface area contributed by atoms with Gasteiger partial charge in [-0.1, -0.05) is 12.1 Å². The van der Waals surface area contributed by atoms with E-state index in [1.165, 1.54) is 6.21 Å². The lowest BCUT2D eigenvalue weighted by molar-refractivity contribution is -0.123. The maximum absolute atomic E-state index is 11.9. The maximum Gasteiger partial charge on any atom is 0.277 e. The summed E-state index contributed by atoms with van der Waals surface area (Å²) in [5.74, 6) is 1.92. The molecule has 0 bridgehead atoms. The zero-order chi connectivity index (χ0) is 18.8. The topological polar surface area (TPSA) is 78.4 Å². The van der Waals surface area contributed by atoms with Crippen molar-refractivity contribution in [3.05, 3.63) is 48.0 Å². The van der Waals surface area contributed by atoms with Gasteiger partial charge in [-0.15, -0.1) is 0 Å². The standard InChI is InChI=1S/C19H22N2O5/c1-4-25-16-7-5-6-8-17(16)26-13-19(22)21-20-12-14-9-10-15(23-2)18(11-14)24-3/h5-12H,4,13H2,1-3H3,(H,21,22)/b20-12+. The molecule has 0 atom stereocenters. The van der Waals surface area contributed by atoms with E-state index in [2.05, 4.69) is 10.5 Å². The second-order valence-corrected chi connectivity index (χ2v) is 5.08. The van der Waals surface area contributed by atoms with Crippen molar-refractivity contribution < 1.29 is 23.7 Å². The number of methoxy groups -OCH3 is 2. The Balaban J connectivity index is 1.88. The fourth-order valence-corrected chi connectivity index (χ4v) is 2.13. The van der Waals surface area contributed by atoms with Crippen LogP contribution in [0.5, 0.6) is 23.0 Å². The second kappa shape index (κ2) is 9.93. The number of carbonyl (C=O) groups excluding carboxylic acids is 1. The molecule has 0 aromatic heterocycles. The van der Waals surface area contributed by atoms with E-state index in [1.54, 1.807) is 44.6 Å². The van der Waals surface area contributed by atoms with Gasteiger partial charge in [-0.2, -0.15) is 5.10 Å². The van der Waals surface area contributed by atoms with Crippen LogP contribution in [0.25, 0.3) is 0 Å². The molecule has 0 aliphatic rings. The molecule has 0 aliphatic heterocycles. The molecule has 2 rings (SSSR count). The minimum Gasteiger partial charge on any atom is -0.493 e. The van der Waals surface area contributed by atoms with Crippen molar-refractivity contribution >= 4 is 12.1 Å². The van der Waals surface area contributed by atoms with Crippen molar-refractivity contribution in [2.75, 3.05) is 27.4 Å². The van der Waals surface area contributed by atoms with Crippen LogP contribution in [0.1, 0.15) is 12.5 Å². The van der Waals surface area contributed by atoms with Crippen LogP contribution in [-0.4, -0.2) is 39.6 Å². The largest absolute Gasteiger partial charge is 0.493 e. The Morgan fingerprint density at radius 3 is 2.35 bits per heavy atom. The molecule has 1 N–H and O–H groups in total. The van der Waals surface area contributed by atoms with Crippen LogP contribution in [0.2, 0.25) is 0 Å². The van der Waals surface area contributed by atoms with Gasteiger partial charge in [0.2, 0.25) is 0 Å². The summed E-state index contributed by atoms with van der Waals surface area (Å²) in [5.41, 5.74) is 3.17. The lowest BCUT2D eigenvalue weighted by Crippen LogP contribution is -2.24. The van der Waals surface area contributed by atoms with Gasteiger partial charge in [0.15, 0.2) is 29.6 Å². The summed E-state index contributed by atoms with van der Waals surface area (Å²) in [6, 6.07) is 12.5. The van der Waals surface area contributed by atoms with Gasteiger partial charge in [-0.25, -0.2) is 5.43 Å². The van der Waals surface area contributed by atoms with Crippen molar-refractivity contribution in [1.82, 2.24) is 5.43 Å². The molecule has 0 fully saturated rings. The molecule has 7 heteroatoms. The molecule has 7 nitrogen and oxygen atoms in total. The first-order chi connectivity index (χ1) is 12.7. The molecule has 2 aromatic carbocycles. The Bertz CT molecular complexity index is 761. The van der Waals surface area contributed by atoms with E-state index < -0.39 is 0 Å². The van der Waals surface area contributed by atoms with E-state index in [1.807, 2.05) is 19.1 Å². The zero-order valence-corrected chi connectivity index (χ0v) is 15.0. The highest BCUT2D eigenvalue weighted by Gasteiger charge is 2.07. The number of rotatable bonds is 9. The van der Waals surface area contributed by atoms with E-state index in [4.69, 9.17) is 18.9 Å². The van der Waals surface area contributed by atoms with Crippen LogP contribution in [0.15, 0.2) is 47.6 Å². The smallest absolute Gasteiger partial charge is 0.277 e. The molecule has 0 saturated heterocycles. The fourth-order valence-electron chi connectivity index (χ4n) is 2.13. The number of amides is 1. The molecule has 0 heterocycles. The van der Waals surface area contributed by atoms with Gasteiger partial charge in [0.05, 0.1) is 27.0 Å². The first-order valence-electron chi connectivity index (χ1n) is 8.06. The average Bonchev–Trinajstić information content (AvgIpc) is 2.67. The Morgan fingerprint density at radius 2 is 1.69 bits per heavy atom. The normalized spacial score (nSPS) is 10.4. The molecule has 26 heavy (non-hydrogen) atoms. The third kappa shape index (κ3) is 5.41. The molecule has 0 aliphatic carbocycles. The Kier molecular flexibility index (Phi) is 7.30. The van der Waals surface area contributed by atoms with Gasteiger partial charge in [-0.05, 0) is 42.8 Å². The Labute approximate surface area is 152 Å². The number of nitrogens with one attached hydrogen (secondary N) is 1. The summed E-state index contributed by atoms with van der Waals surface area (Å²) in [4.78, 5) is 11.9. The van der Waals surface area contributed by atoms with E-state index in [9.17, 15) is 4.79 Å². The number of nitrogens with zero attached hydrogens (tertiary/aromatic N) is 1. The summed E-state index contributed by atoms with van der Waals surface area (Å²) < 4.78 is 21.3. The molecular formula is C19H22N2O5. The number of hydrogen-bond donors (Lipinski definition) is 1. The molecular weight excluding hydrogens is 336 g/mol. The summed E-state index contributed by atoms with van der Waals surface area (Å²) in [5, 5.41) is 3.91. The average molecular weight is 358 g/mol. The van der Waals surface area contributed by atoms with Crippen LogP contribution < -0.4 is 24.4 Å². The van der Waals surface area contributed by atoms with Crippen molar-refractivity contribution in [3.8, 4) is 23.0 Å². The third-order valence-corrected chi connectivity index (χ3v) is 3.32. The molecule has 0 unspecified atom stereocenters. The number of para-hydroxylation sites is 2. The molecule has 1 amide bonds. The van der Waals surface area contributed by atoms with Crippen LogP contribution in [0.3, 0.4) is 0 Å². The number of carbonyl (C=O) groups is 1. The quantitative estimate of drug-likeness (QED) is 0.551. The number of hydrazone groups is 1. The summed E-state index contributed by atoms with van der Waals surface area (Å²) in [6.07, 6.45) is 1.51. The van der Waals surface area contributed by atoms with Crippen molar-refractivity contribution in [1.29, 1.82) is 0 Å². The number of ether oxygens (including phenoxy) is 4. The van der Waals surface area contributed by atoms with Crippen molar-refractivity contribution in [3.63, 3.8) is 0 Å². The van der Waals surface area contributed by atoms with Crippen LogP contribution in [0.4, 0.5) is 0 Å². The first-order valence-corrected chi connectivity index (χ1v) is 8.06. The minimum absolute atomic E-state index is 0.173. The predicted molar refractivity (Wildman–Crippen MR) is 98.4 cm³/mol. The maximum atomic E-state index is 11.9. The summed E-state index contributed by atoms with van der Waals surface area (Å²) in [6.45, 7) is 2.22. The summed E-state index contributed by atoms with van der Waals surface area (Å²) >= 11 is 0. The lowest BCUT2D eigenvalue weighted by Gasteiger charge is -2.10. The first kappa shape index (κ1) is 19.1. The monoisotopic (exact) mass is 358 g/mol.